The van der Waals surface area contributed by atoms with Gasteiger partial charge in [0, 0.05) is 18.9 Å². The lowest BCUT2D eigenvalue weighted by Gasteiger charge is -2.27. The maximum Gasteiger partial charge on any atom is 0.332 e. The molecular weight excluding hydrogens is 258 g/mol. The van der Waals surface area contributed by atoms with Gasteiger partial charge in [-0.15, -0.1) is 0 Å². The average molecular weight is 285 g/mol. The molecule has 1 saturated carbocycles. The fourth-order valence-electron chi connectivity index (χ4n) is 2.81. The third kappa shape index (κ3) is 5.90. The zero-order valence-electron chi connectivity index (χ0n) is 12.3. The molecule has 116 valence electrons. The number of amides is 1. The normalized spacial score (nSPS) is 24.1. The van der Waals surface area contributed by atoms with Gasteiger partial charge in [-0.05, 0) is 31.6 Å². The summed E-state index contributed by atoms with van der Waals surface area (Å²) in [5.41, 5.74) is 0. The van der Waals surface area contributed by atoms with E-state index in [-0.39, 0.29) is 24.8 Å². The van der Waals surface area contributed by atoms with Crippen molar-refractivity contribution in [2.45, 2.75) is 64.4 Å². The molecule has 0 saturated heterocycles. The molecule has 0 aliphatic heterocycles. The van der Waals surface area contributed by atoms with Gasteiger partial charge in [-0.25, -0.2) is 4.79 Å². The molecule has 20 heavy (non-hydrogen) atoms. The molecule has 0 aromatic rings. The van der Waals surface area contributed by atoms with Crippen molar-refractivity contribution in [2.75, 3.05) is 6.54 Å². The van der Waals surface area contributed by atoms with E-state index in [1.807, 2.05) is 0 Å². The number of aliphatic carboxylic acids is 1. The van der Waals surface area contributed by atoms with Gasteiger partial charge in [0.05, 0.1) is 0 Å². The Hall–Kier alpha value is -1.10. The van der Waals surface area contributed by atoms with Crippen LogP contribution in [0.2, 0.25) is 0 Å². The summed E-state index contributed by atoms with van der Waals surface area (Å²) in [6.45, 7) is 2.42. The minimum atomic E-state index is -1.39. The Morgan fingerprint density at radius 1 is 1.25 bits per heavy atom. The van der Waals surface area contributed by atoms with Crippen molar-refractivity contribution in [1.82, 2.24) is 5.32 Å². The van der Waals surface area contributed by atoms with Crippen LogP contribution >= 0.6 is 0 Å². The van der Waals surface area contributed by atoms with Crippen LogP contribution in [0.25, 0.3) is 0 Å². The first-order chi connectivity index (χ1) is 9.54. The Balaban J connectivity index is 2.17. The highest BCUT2D eigenvalue weighted by Gasteiger charge is 2.25. The standard InChI is InChI=1S/C15H27NO4/c1-2-3-4-11-5-7-12(8-6-11)14(18)16-10-9-13(17)15(19)20/h11-13,17H,2-10H2,1H3,(H,16,18)(H,19,20)/t11?,12?,13-/m0/s1. The van der Waals surface area contributed by atoms with Gasteiger partial charge < -0.3 is 15.5 Å². The van der Waals surface area contributed by atoms with Gasteiger partial charge in [0.1, 0.15) is 0 Å². The van der Waals surface area contributed by atoms with Crippen molar-refractivity contribution in [1.29, 1.82) is 0 Å². The van der Waals surface area contributed by atoms with E-state index < -0.39 is 12.1 Å². The fraction of sp³-hybridized carbons (Fsp3) is 0.867. The van der Waals surface area contributed by atoms with Crippen molar-refractivity contribution >= 4 is 11.9 Å². The Kier molecular flexibility index (Phi) is 7.59. The highest BCUT2D eigenvalue weighted by Crippen LogP contribution is 2.31. The number of unbranched alkanes of at least 4 members (excludes halogenated alkanes) is 1. The molecule has 5 nitrogen and oxygen atoms in total. The van der Waals surface area contributed by atoms with E-state index in [1.54, 1.807) is 0 Å². The summed E-state index contributed by atoms with van der Waals surface area (Å²) in [6.07, 6.45) is 6.55. The number of aliphatic hydroxyl groups excluding tert-OH is 1. The number of carboxylic acid groups (broad SMARTS) is 1. The van der Waals surface area contributed by atoms with Crippen LogP contribution in [0.1, 0.15) is 58.3 Å². The molecule has 0 radical (unpaired) electrons. The van der Waals surface area contributed by atoms with E-state index >= 15 is 0 Å². The van der Waals surface area contributed by atoms with Crippen LogP contribution < -0.4 is 5.32 Å². The number of rotatable bonds is 8. The number of carboxylic acids is 1. The number of hydrogen-bond donors (Lipinski definition) is 3. The second-order valence-corrected chi connectivity index (χ2v) is 5.79. The molecule has 0 bridgehead atoms. The molecule has 0 spiro atoms. The molecule has 1 atom stereocenters. The average Bonchev–Trinajstić information content (AvgIpc) is 2.45. The zero-order valence-corrected chi connectivity index (χ0v) is 12.3. The first-order valence-electron chi connectivity index (χ1n) is 7.73. The maximum absolute atomic E-state index is 11.9. The molecule has 0 heterocycles. The van der Waals surface area contributed by atoms with Crippen LogP contribution in [0.4, 0.5) is 0 Å². The van der Waals surface area contributed by atoms with E-state index in [2.05, 4.69) is 12.2 Å². The van der Waals surface area contributed by atoms with Crippen molar-refractivity contribution < 1.29 is 19.8 Å². The number of nitrogens with one attached hydrogen (secondary N) is 1. The Labute approximate surface area is 120 Å². The molecule has 1 amide bonds. The minimum Gasteiger partial charge on any atom is -0.479 e. The summed E-state index contributed by atoms with van der Waals surface area (Å²) in [5.74, 6) is -0.394. The van der Waals surface area contributed by atoms with Gasteiger partial charge in [-0.2, -0.15) is 0 Å². The fourth-order valence-corrected chi connectivity index (χ4v) is 2.81. The quantitative estimate of drug-likeness (QED) is 0.636. The Bertz CT molecular complexity index is 311. The number of hydrogen-bond acceptors (Lipinski definition) is 3. The monoisotopic (exact) mass is 285 g/mol. The number of aliphatic hydroxyl groups is 1. The predicted octanol–water partition coefficient (Wildman–Crippen LogP) is 1.93. The van der Waals surface area contributed by atoms with Crippen LogP contribution in [-0.2, 0) is 9.59 Å². The third-order valence-electron chi connectivity index (χ3n) is 4.19. The third-order valence-corrected chi connectivity index (χ3v) is 4.19. The Morgan fingerprint density at radius 3 is 2.45 bits per heavy atom. The zero-order chi connectivity index (χ0) is 15.0. The summed E-state index contributed by atoms with van der Waals surface area (Å²) in [5, 5.41) is 20.4. The molecule has 0 aromatic carbocycles. The second-order valence-electron chi connectivity index (χ2n) is 5.79. The summed E-state index contributed by atoms with van der Waals surface area (Å²) < 4.78 is 0. The van der Waals surface area contributed by atoms with E-state index in [0.717, 1.165) is 31.6 Å². The molecule has 1 rings (SSSR count). The molecule has 1 aliphatic carbocycles. The molecule has 5 heteroatoms. The van der Waals surface area contributed by atoms with Gasteiger partial charge in [0.2, 0.25) is 5.91 Å². The largest absolute Gasteiger partial charge is 0.479 e. The van der Waals surface area contributed by atoms with Crippen LogP contribution in [0.15, 0.2) is 0 Å². The molecule has 0 aromatic heterocycles. The van der Waals surface area contributed by atoms with E-state index in [0.29, 0.717) is 0 Å². The van der Waals surface area contributed by atoms with Crippen LogP contribution in [0.3, 0.4) is 0 Å². The van der Waals surface area contributed by atoms with Crippen LogP contribution in [-0.4, -0.2) is 34.7 Å². The smallest absolute Gasteiger partial charge is 0.332 e. The molecule has 1 fully saturated rings. The van der Waals surface area contributed by atoms with Gasteiger partial charge in [0.15, 0.2) is 6.10 Å². The summed E-state index contributed by atoms with van der Waals surface area (Å²) in [7, 11) is 0. The van der Waals surface area contributed by atoms with Gasteiger partial charge in [-0.1, -0.05) is 26.2 Å². The minimum absolute atomic E-state index is 0.0107. The Morgan fingerprint density at radius 2 is 1.90 bits per heavy atom. The summed E-state index contributed by atoms with van der Waals surface area (Å²) >= 11 is 0. The lowest BCUT2D eigenvalue weighted by molar-refractivity contribution is -0.147. The van der Waals surface area contributed by atoms with E-state index in [9.17, 15) is 9.59 Å². The topological polar surface area (TPSA) is 86.6 Å². The van der Waals surface area contributed by atoms with Crippen molar-refractivity contribution in [3.63, 3.8) is 0 Å². The van der Waals surface area contributed by atoms with E-state index in [4.69, 9.17) is 10.2 Å². The molecule has 1 aliphatic rings. The van der Waals surface area contributed by atoms with Gasteiger partial charge in [-0.3, -0.25) is 4.79 Å². The van der Waals surface area contributed by atoms with E-state index in [1.165, 1.54) is 19.3 Å². The lowest BCUT2D eigenvalue weighted by atomic mass is 9.79. The van der Waals surface area contributed by atoms with Gasteiger partial charge >= 0.3 is 5.97 Å². The lowest BCUT2D eigenvalue weighted by Crippen LogP contribution is -2.35. The predicted molar refractivity (Wildman–Crippen MR) is 76.2 cm³/mol. The van der Waals surface area contributed by atoms with Crippen LogP contribution in [0.5, 0.6) is 0 Å². The first kappa shape index (κ1) is 17.0. The molecule has 0 unspecified atom stereocenters. The highest BCUT2D eigenvalue weighted by atomic mass is 16.4. The first-order valence-corrected chi connectivity index (χ1v) is 7.73. The maximum atomic E-state index is 11.9. The van der Waals surface area contributed by atoms with Crippen molar-refractivity contribution in [2.24, 2.45) is 11.8 Å². The summed E-state index contributed by atoms with van der Waals surface area (Å²) in [6, 6.07) is 0. The van der Waals surface area contributed by atoms with Crippen molar-refractivity contribution in [3.05, 3.63) is 0 Å². The number of carbonyl (C=O) groups is 2. The molecule has 3 N–H and O–H groups in total. The SMILES string of the molecule is CCCCC1CCC(C(=O)NCC[C@H](O)C(=O)O)CC1. The molecular formula is C15H27NO4. The van der Waals surface area contributed by atoms with Crippen molar-refractivity contribution in [3.8, 4) is 0 Å². The number of carbonyl (C=O) groups excluding carboxylic acids is 1. The highest BCUT2D eigenvalue weighted by molar-refractivity contribution is 5.78. The summed E-state index contributed by atoms with van der Waals surface area (Å²) in [4.78, 5) is 22.4. The van der Waals surface area contributed by atoms with Gasteiger partial charge in [0.25, 0.3) is 0 Å². The van der Waals surface area contributed by atoms with Crippen LogP contribution in [0, 0.1) is 11.8 Å². The second kappa shape index (κ2) is 8.95.